The van der Waals surface area contributed by atoms with E-state index in [1.807, 2.05) is 0 Å². The van der Waals surface area contributed by atoms with Gasteiger partial charge >= 0.3 is 6.18 Å². The Labute approximate surface area is 119 Å². The molecule has 2 rings (SSSR count). The first-order chi connectivity index (χ1) is 9.84. The maximum atomic E-state index is 12.4. The lowest BCUT2D eigenvalue weighted by Crippen LogP contribution is -2.09. The van der Waals surface area contributed by atoms with Gasteiger partial charge in [0.05, 0.1) is 5.56 Å². The van der Waals surface area contributed by atoms with Crippen LogP contribution in [0, 0.1) is 6.92 Å². The summed E-state index contributed by atoms with van der Waals surface area (Å²) in [5, 5.41) is 2.46. The SMILES string of the molecule is Cc1ccc(/C=C/C(=O)Nc2ccc(C(F)(F)F)cc2)o1. The minimum absolute atomic E-state index is 0.285. The van der Waals surface area contributed by atoms with Crippen LogP contribution in [0.3, 0.4) is 0 Å². The number of furan rings is 1. The van der Waals surface area contributed by atoms with Crippen LogP contribution >= 0.6 is 0 Å². The van der Waals surface area contributed by atoms with Gasteiger partial charge in [-0.3, -0.25) is 4.79 Å². The van der Waals surface area contributed by atoms with Gasteiger partial charge < -0.3 is 9.73 Å². The largest absolute Gasteiger partial charge is 0.462 e. The Hall–Kier alpha value is -2.50. The van der Waals surface area contributed by atoms with Gasteiger partial charge in [0.25, 0.3) is 0 Å². The lowest BCUT2D eigenvalue weighted by molar-refractivity contribution is -0.137. The van der Waals surface area contributed by atoms with Crippen LogP contribution in [0.4, 0.5) is 18.9 Å². The van der Waals surface area contributed by atoms with Crippen molar-refractivity contribution in [2.45, 2.75) is 13.1 Å². The van der Waals surface area contributed by atoms with Crippen molar-refractivity contribution in [3.8, 4) is 0 Å². The number of anilines is 1. The fraction of sp³-hybridized carbons (Fsp3) is 0.133. The van der Waals surface area contributed by atoms with E-state index in [1.54, 1.807) is 19.1 Å². The minimum atomic E-state index is -4.39. The normalized spacial score (nSPS) is 11.8. The van der Waals surface area contributed by atoms with Gasteiger partial charge in [0.2, 0.25) is 5.91 Å². The number of nitrogens with one attached hydrogen (secondary N) is 1. The van der Waals surface area contributed by atoms with Crippen LogP contribution in [0.5, 0.6) is 0 Å². The topological polar surface area (TPSA) is 42.2 Å². The third-order valence-electron chi connectivity index (χ3n) is 2.64. The van der Waals surface area contributed by atoms with Crippen molar-refractivity contribution in [3.63, 3.8) is 0 Å². The van der Waals surface area contributed by atoms with Crippen LogP contribution < -0.4 is 5.32 Å². The molecule has 21 heavy (non-hydrogen) atoms. The molecule has 0 unspecified atom stereocenters. The summed E-state index contributed by atoms with van der Waals surface area (Å²) in [7, 11) is 0. The van der Waals surface area contributed by atoms with E-state index >= 15 is 0 Å². The summed E-state index contributed by atoms with van der Waals surface area (Å²) in [6.45, 7) is 1.78. The van der Waals surface area contributed by atoms with E-state index in [2.05, 4.69) is 5.32 Å². The number of amides is 1. The Morgan fingerprint density at radius 1 is 1.14 bits per heavy atom. The van der Waals surface area contributed by atoms with Crippen molar-refractivity contribution < 1.29 is 22.4 Å². The van der Waals surface area contributed by atoms with Crippen LogP contribution in [0.2, 0.25) is 0 Å². The van der Waals surface area contributed by atoms with Crippen LogP contribution in [0.1, 0.15) is 17.1 Å². The second-order valence-corrected chi connectivity index (χ2v) is 4.35. The highest BCUT2D eigenvalue weighted by Gasteiger charge is 2.29. The molecular formula is C15H12F3NO2. The molecular weight excluding hydrogens is 283 g/mol. The number of hydrogen-bond donors (Lipinski definition) is 1. The molecule has 3 nitrogen and oxygen atoms in total. The highest BCUT2D eigenvalue weighted by molar-refractivity contribution is 6.01. The van der Waals surface area contributed by atoms with Gasteiger partial charge in [-0.15, -0.1) is 0 Å². The van der Waals surface area contributed by atoms with E-state index in [1.165, 1.54) is 24.3 Å². The van der Waals surface area contributed by atoms with Gasteiger partial charge in [-0.2, -0.15) is 13.2 Å². The fourth-order valence-electron chi connectivity index (χ4n) is 1.63. The zero-order valence-electron chi connectivity index (χ0n) is 11.1. The van der Waals surface area contributed by atoms with Crippen LogP contribution in [0.25, 0.3) is 6.08 Å². The second-order valence-electron chi connectivity index (χ2n) is 4.35. The van der Waals surface area contributed by atoms with Gasteiger partial charge in [0.15, 0.2) is 0 Å². The Morgan fingerprint density at radius 3 is 2.33 bits per heavy atom. The molecule has 0 saturated heterocycles. The Balaban J connectivity index is 1.98. The van der Waals surface area contributed by atoms with Crippen molar-refractivity contribution >= 4 is 17.7 Å². The summed E-state index contributed by atoms with van der Waals surface area (Å²) in [4.78, 5) is 11.6. The van der Waals surface area contributed by atoms with Crippen molar-refractivity contribution in [1.29, 1.82) is 0 Å². The summed E-state index contributed by atoms with van der Waals surface area (Å²) in [5.74, 6) is 0.789. The maximum absolute atomic E-state index is 12.4. The van der Waals surface area contributed by atoms with Gasteiger partial charge in [0.1, 0.15) is 11.5 Å². The Kier molecular flexibility index (Phi) is 4.16. The third-order valence-corrected chi connectivity index (χ3v) is 2.64. The van der Waals surface area contributed by atoms with Crippen LogP contribution in [-0.4, -0.2) is 5.91 Å². The van der Waals surface area contributed by atoms with E-state index in [4.69, 9.17) is 4.42 Å². The average molecular weight is 295 g/mol. The third kappa shape index (κ3) is 4.24. The molecule has 0 fully saturated rings. The van der Waals surface area contributed by atoms with Gasteiger partial charge in [-0.1, -0.05) is 0 Å². The number of aryl methyl sites for hydroxylation is 1. The Bertz CT molecular complexity index is 654. The van der Waals surface area contributed by atoms with E-state index in [0.717, 1.165) is 17.9 Å². The monoisotopic (exact) mass is 295 g/mol. The molecule has 1 aromatic carbocycles. The predicted molar refractivity (Wildman–Crippen MR) is 72.6 cm³/mol. The Morgan fingerprint density at radius 2 is 1.81 bits per heavy atom. The zero-order chi connectivity index (χ0) is 15.5. The standard InChI is InChI=1S/C15H12F3NO2/c1-10-2-7-13(21-10)8-9-14(20)19-12-5-3-11(4-6-12)15(16,17)18/h2-9H,1H3,(H,19,20)/b9-8+. The summed E-state index contributed by atoms with van der Waals surface area (Å²) >= 11 is 0. The average Bonchev–Trinajstić information content (AvgIpc) is 2.82. The lowest BCUT2D eigenvalue weighted by Gasteiger charge is -2.07. The number of hydrogen-bond acceptors (Lipinski definition) is 2. The summed E-state index contributed by atoms with van der Waals surface area (Å²) in [6, 6.07) is 7.69. The zero-order valence-corrected chi connectivity index (χ0v) is 11.1. The maximum Gasteiger partial charge on any atom is 0.416 e. The van der Waals surface area contributed by atoms with Gasteiger partial charge in [-0.05, 0) is 49.4 Å². The molecule has 1 heterocycles. The minimum Gasteiger partial charge on any atom is -0.462 e. The molecule has 0 spiro atoms. The van der Waals surface area contributed by atoms with Crippen molar-refractivity contribution in [2.24, 2.45) is 0 Å². The fourth-order valence-corrected chi connectivity index (χ4v) is 1.63. The quantitative estimate of drug-likeness (QED) is 0.860. The van der Waals surface area contributed by atoms with E-state index in [-0.39, 0.29) is 5.69 Å². The molecule has 0 radical (unpaired) electrons. The van der Waals surface area contributed by atoms with Crippen LogP contribution in [-0.2, 0) is 11.0 Å². The molecule has 0 atom stereocenters. The molecule has 0 aliphatic rings. The highest BCUT2D eigenvalue weighted by Crippen LogP contribution is 2.29. The van der Waals surface area contributed by atoms with Crippen LogP contribution in [0.15, 0.2) is 46.9 Å². The van der Waals surface area contributed by atoms with Gasteiger partial charge in [-0.25, -0.2) is 0 Å². The predicted octanol–water partition coefficient (Wildman–Crippen LogP) is 4.26. The molecule has 0 saturated carbocycles. The molecule has 2 aromatic rings. The first-order valence-corrected chi connectivity index (χ1v) is 6.07. The highest BCUT2D eigenvalue weighted by atomic mass is 19.4. The number of benzene rings is 1. The molecule has 1 N–H and O–H groups in total. The molecule has 1 aromatic heterocycles. The first-order valence-electron chi connectivity index (χ1n) is 6.07. The summed E-state index contributed by atoms with van der Waals surface area (Å²) in [6.07, 6.45) is -1.66. The molecule has 110 valence electrons. The smallest absolute Gasteiger partial charge is 0.416 e. The van der Waals surface area contributed by atoms with E-state index < -0.39 is 17.6 Å². The van der Waals surface area contributed by atoms with Crippen molar-refractivity contribution in [1.82, 2.24) is 0 Å². The van der Waals surface area contributed by atoms with Crippen molar-refractivity contribution in [2.75, 3.05) is 5.32 Å². The lowest BCUT2D eigenvalue weighted by atomic mass is 10.2. The molecule has 1 amide bonds. The molecule has 0 bridgehead atoms. The summed E-state index contributed by atoms with van der Waals surface area (Å²) < 4.78 is 42.4. The number of halogens is 3. The van der Waals surface area contributed by atoms with Crippen molar-refractivity contribution in [3.05, 3.63) is 59.6 Å². The molecule has 0 aliphatic carbocycles. The van der Waals surface area contributed by atoms with Gasteiger partial charge in [0, 0.05) is 11.8 Å². The molecule has 6 heteroatoms. The number of carbonyl (C=O) groups excluding carboxylic acids is 1. The van der Waals surface area contributed by atoms with E-state index in [0.29, 0.717) is 5.76 Å². The first kappa shape index (κ1) is 14.9. The molecule has 0 aliphatic heterocycles. The summed E-state index contributed by atoms with van der Waals surface area (Å²) in [5.41, 5.74) is -0.477. The second kappa shape index (κ2) is 5.87. The number of rotatable bonds is 3. The number of carbonyl (C=O) groups is 1. The number of alkyl halides is 3. The van der Waals surface area contributed by atoms with E-state index in [9.17, 15) is 18.0 Å².